The minimum atomic E-state index is -0.141. The Labute approximate surface area is 172 Å². The molecular formula is C22H31N3O4. The molecule has 0 spiro atoms. The van der Waals surface area contributed by atoms with Crippen molar-refractivity contribution in [2.75, 3.05) is 33.3 Å². The second kappa shape index (κ2) is 9.76. The molecule has 158 valence electrons. The number of ether oxygens (including phenoxy) is 1. The first-order chi connectivity index (χ1) is 14.0. The summed E-state index contributed by atoms with van der Waals surface area (Å²) in [7, 11) is 1.60. The molecule has 2 atom stereocenters. The van der Waals surface area contributed by atoms with Gasteiger partial charge in [0.05, 0.1) is 19.4 Å². The lowest BCUT2D eigenvalue weighted by atomic mass is 10.0. The van der Waals surface area contributed by atoms with Gasteiger partial charge in [0.25, 0.3) is 0 Å². The van der Waals surface area contributed by atoms with Crippen LogP contribution in [0.2, 0.25) is 0 Å². The van der Waals surface area contributed by atoms with Crippen LogP contribution in [-0.4, -0.2) is 66.9 Å². The van der Waals surface area contributed by atoms with E-state index in [4.69, 9.17) is 4.74 Å². The summed E-state index contributed by atoms with van der Waals surface area (Å²) in [6.45, 7) is 3.63. The fourth-order valence-electron chi connectivity index (χ4n) is 4.48. The average Bonchev–Trinajstić information content (AvgIpc) is 3.17. The molecule has 0 radical (unpaired) electrons. The predicted molar refractivity (Wildman–Crippen MR) is 109 cm³/mol. The zero-order valence-corrected chi connectivity index (χ0v) is 17.4. The maximum Gasteiger partial charge on any atom is 0.227 e. The summed E-state index contributed by atoms with van der Waals surface area (Å²) in [5, 5.41) is 2.99. The van der Waals surface area contributed by atoms with E-state index in [9.17, 15) is 14.4 Å². The first-order valence-corrected chi connectivity index (χ1v) is 10.4. The number of amides is 3. The van der Waals surface area contributed by atoms with Crippen molar-refractivity contribution in [1.29, 1.82) is 0 Å². The van der Waals surface area contributed by atoms with Gasteiger partial charge in [-0.3, -0.25) is 14.4 Å². The summed E-state index contributed by atoms with van der Waals surface area (Å²) >= 11 is 0. The minimum absolute atomic E-state index is 0.000782. The van der Waals surface area contributed by atoms with E-state index in [1.807, 2.05) is 29.2 Å². The van der Waals surface area contributed by atoms with Crippen molar-refractivity contribution in [1.82, 2.24) is 15.1 Å². The number of methoxy groups -OCH3 is 1. The Balaban J connectivity index is 1.69. The van der Waals surface area contributed by atoms with E-state index in [0.29, 0.717) is 32.6 Å². The highest BCUT2D eigenvalue weighted by molar-refractivity contribution is 5.82. The molecule has 3 rings (SSSR count). The fraction of sp³-hybridized carbons (Fsp3) is 0.591. The summed E-state index contributed by atoms with van der Waals surface area (Å²) < 4.78 is 5.24. The van der Waals surface area contributed by atoms with Gasteiger partial charge in [-0.05, 0) is 37.0 Å². The maximum atomic E-state index is 12.9. The first-order valence-electron chi connectivity index (χ1n) is 10.4. The Bertz CT molecular complexity index is 751. The van der Waals surface area contributed by atoms with Crippen molar-refractivity contribution in [2.24, 2.45) is 5.92 Å². The van der Waals surface area contributed by atoms with Gasteiger partial charge in [-0.2, -0.15) is 0 Å². The van der Waals surface area contributed by atoms with Crippen LogP contribution in [0.3, 0.4) is 0 Å². The van der Waals surface area contributed by atoms with E-state index in [1.165, 1.54) is 0 Å². The largest absolute Gasteiger partial charge is 0.497 e. The van der Waals surface area contributed by atoms with Gasteiger partial charge in [-0.1, -0.05) is 18.6 Å². The van der Waals surface area contributed by atoms with Gasteiger partial charge in [0.1, 0.15) is 5.75 Å². The number of nitrogens with one attached hydrogen (secondary N) is 1. The van der Waals surface area contributed by atoms with Gasteiger partial charge in [0.2, 0.25) is 17.7 Å². The van der Waals surface area contributed by atoms with Crippen molar-refractivity contribution in [3.63, 3.8) is 0 Å². The molecule has 7 heteroatoms. The second-order valence-electron chi connectivity index (χ2n) is 7.87. The number of nitrogens with zero attached hydrogens (tertiary/aromatic N) is 2. The van der Waals surface area contributed by atoms with E-state index in [1.54, 1.807) is 18.9 Å². The molecular weight excluding hydrogens is 370 g/mol. The van der Waals surface area contributed by atoms with Crippen molar-refractivity contribution in [3.05, 3.63) is 29.8 Å². The predicted octanol–water partition coefficient (Wildman–Crippen LogP) is 1.60. The molecule has 0 bridgehead atoms. The number of carbonyl (C=O) groups is 3. The van der Waals surface area contributed by atoms with E-state index >= 15 is 0 Å². The smallest absolute Gasteiger partial charge is 0.227 e. The molecule has 3 amide bonds. The van der Waals surface area contributed by atoms with Crippen LogP contribution < -0.4 is 10.1 Å². The van der Waals surface area contributed by atoms with E-state index in [0.717, 1.165) is 30.6 Å². The van der Waals surface area contributed by atoms with Crippen LogP contribution in [0, 0.1) is 5.92 Å². The summed E-state index contributed by atoms with van der Waals surface area (Å²) in [6, 6.07) is 7.48. The molecule has 1 saturated carbocycles. The third kappa shape index (κ3) is 5.28. The van der Waals surface area contributed by atoms with Gasteiger partial charge >= 0.3 is 0 Å². The quantitative estimate of drug-likeness (QED) is 0.835. The van der Waals surface area contributed by atoms with Crippen LogP contribution in [0.25, 0.3) is 0 Å². The molecule has 7 nitrogen and oxygen atoms in total. The number of fused-ring (bicyclic) bond motifs is 1. The molecule has 0 unspecified atom stereocenters. The third-order valence-corrected chi connectivity index (χ3v) is 5.97. The molecule has 1 heterocycles. The van der Waals surface area contributed by atoms with Gasteiger partial charge in [0.15, 0.2) is 0 Å². The van der Waals surface area contributed by atoms with Crippen LogP contribution >= 0.6 is 0 Å². The van der Waals surface area contributed by atoms with Crippen LogP contribution in [-0.2, 0) is 20.8 Å². The average molecular weight is 402 g/mol. The SMILES string of the molecule is COc1cccc(CC(=O)N2CCCN(C(C)=O)[C@H]3CCC[C@H]3C(=O)NCC2)c1. The zero-order valence-electron chi connectivity index (χ0n) is 17.4. The summed E-state index contributed by atoms with van der Waals surface area (Å²) in [5.41, 5.74) is 0.896. The standard InChI is InChI=1S/C22H31N3O4/c1-16(26)25-12-5-11-24(13-10-23-22(28)19-8-4-9-20(19)25)21(27)15-17-6-3-7-18(14-17)29-2/h3,6-7,14,19-20H,4-5,8-13,15H2,1-2H3,(H,23,28)/t19-,20+/m1/s1. The monoisotopic (exact) mass is 401 g/mol. The van der Waals surface area contributed by atoms with Gasteiger partial charge < -0.3 is 19.9 Å². The lowest BCUT2D eigenvalue weighted by molar-refractivity contribution is -0.134. The number of rotatable bonds is 3. The third-order valence-electron chi connectivity index (χ3n) is 5.97. The lowest BCUT2D eigenvalue weighted by Gasteiger charge is -2.31. The van der Waals surface area contributed by atoms with E-state index in [2.05, 4.69) is 5.32 Å². The van der Waals surface area contributed by atoms with Crippen molar-refractivity contribution in [2.45, 2.75) is 45.1 Å². The molecule has 2 fully saturated rings. The van der Waals surface area contributed by atoms with Crippen LogP contribution in [0.1, 0.15) is 38.2 Å². The Morgan fingerprint density at radius 3 is 2.76 bits per heavy atom. The highest BCUT2D eigenvalue weighted by Crippen LogP contribution is 2.30. The lowest BCUT2D eigenvalue weighted by Crippen LogP contribution is -2.46. The molecule has 0 aromatic heterocycles. The zero-order chi connectivity index (χ0) is 20.8. The highest BCUT2D eigenvalue weighted by atomic mass is 16.5. The Morgan fingerprint density at radius 2 is 2.00 bits per heavy atom. The van der Waals surface area contributed by atoms with Crippen LogP contribution in [0.5, 0.6) is 5.75 Å². The normalized spacial score (nSPS) is 23.0. The Hall–Kier alpha value is -2.57. The number of hydrogen-bond donors (Lipinski definition) is 1. The first kappa shape index (κ1) is 21.1. The molecule has 1 aromatic rings. The molecule has 1 aliphatic carbocycles. The molecule has 1 aromatic carbocycles. The van der Waals surface area contributed by atoms with Crippen molar-refractivity contribution in [3.8, 4) is 5.75 Å². The summed E-state index contributed by atoms with van der Waals surface area (Å²) in [6.07, 6.45) is 3.65. The molecule has 2 aliphatic rings. The Kier molecular flexibility index (Phi) is 7.12. The topological polar surface area (TPSA) is 79.0 Å². The molecule has 1 saturated heterocycles. The van der Waals surface area contributed by atoms with Gasteiger partial charge in [0, 0.05) is 39.1 Å². The minimum Gasteiger partial charge on any atom is -0.497 e. The fourth-order valence-corrected chi connectivity index (χ4v) is 4.48. The van der Waals surface area contributed by atoms with Gasteiger partial charge in [-0.25, -0.2) is 0 Å². The second-order valence-corrected chi connectivity index (χ2v) is 7.87. The van der Waals surface area contributed by atoms with E-state index < -0.39 is 0 Å². The molecule has 29 heavy (non-hydrogen) atoms. The Morgan fingerprint density at radius 1 is 1.17 bits per heavy atom. The summed E-state index contributed by atoms with van der Waals surface area (Å²) in [5.74, 6) is 0.604. The van der Waals surface area contributed by atoms with Crippen molar-refractivity contribution >= 4 is 17.7 Å². The molecule has 1 aliphatic heterocycles. The number of carbonyl (C=O) groups excluding carboxylic acids is 3. The number of benzene rings is 1. The van der Waals surface area contributed by atoms with Crippen LogP contribution in [0.15, 0.2) is 24.3 Å². The van der Waals surface area contributed by atoms with Crippen LogP contribution in [0.4, 0.5) is 0 Å². The summed E-state index contributed by atoms with van der Waals surface area (Å²) in [4.78, 5) is 41.4. The van der Waals surface area contributed by atoms with Gasteiger partial charge in [-0.15, -0.1) is 0 Å². The van der Waals surface area contributed by atoms with Crippen molar-refractivity contribution < 1.29 is 19.1 Å². The molecule has 1 N–H and O–H groups in total. The number of hydrogen-bond acceptors (Lipinski definition) is 4. The van der Waals surface area contributed by atoms with E-state index in [-0.39, 0.29) is 36.1 Å². The maximum absolute atomic E-state index is 12.9. The highest BCUT2D eigenvalue weighted by Gasteiger charge is 2.38.